The maximum absolute atomic E-state index is 11.6. The zero-order valence-corrected chi connectivity index (χ0v) is 10.1. The SMILES string of the molecule is CCOC(=O)c1c(C)cc(Br)cc1C#N. The van der Waals surface area contributed by atoms with Crippen LogP contribution in [-0.4, -0.2) is 12.6 Å². The molecule has 0 N–H and O–H groups in total. The number of halogens is 1. The first kappa shape index (κ1) is 11.7. The van der Waals surface area contributed by atoms with Crippen LogP contribution in [0.25, 0.3) is 0 Å². The fourth-order valence-electron chi connectivity index (χ4n) is 1.31. The Hall–Kier alpha value is -1.34. The molecule has 0 unspecified atom stereocenters. The van der Waals surface area contributed by atoms with Crippen LogP contribution in [0.5, 0.6) is 0 Å². The Labute approximate surface area is 96.8 Å². The summed E-state index contributed by atoms with van der Waals surface area (Å²) in [5, 5.41) is 8.91. The van der Waals surface area contributed by atoms with E-state index >= 15 is 0 Å². The number of ether oxygens (including phenoxy) is 1. The molecule has 0 aliphatic heterocycles. The van der Waals surface area contributed by atoms with E-state index in [0.29, 0.717) is 17.7 Å². The highest BCUT2D eigenvalue weighted by Gasteiger charge is 2.16. The summed E-state index contributed by atoms with van der Waals surface area (Å²) in [5.41, 5.74) is 1.42. The summed E-state index contributed by atoms with van der Waals surface area (Å²) in [6, 6.07) is 5.38. The van der Waals surface area contributed by atoms with E-state index in [4.69, 9.17) is 10.00 Å². The van der Waals surface area contributed by atoms with Crippen LogP contribution in [0.4, 0.5) is 0 Å². The molecular formula is C11H10BrNO2. The van der Waals surface area contributed by atoms with E-state index in [0.717, 1.165) is 10.0 Å². The fraction of sp³-hybridized carbons (Fsp3) is 0.273. The van der Waals surface area contributed by atoms with Crippen LogP contribution >= 0.6 is 15.9 Å². The second kappa shape index (κ2) is 4.94. The molecular weight excluding hydrogens is 258 g/mol. The maximum atomic E-state index is 11.6. The molecule has 0 radical (unpaired) electrons. The normalized spacial score (nSPS) is 9.47. The van der Waals surface area contributed by atoms with Gasteiger partial charge in [0.05, 0.1) is 17.7 Å². The van der Waals surface area contributed by atoms with Crippen molar-refractivity contribution in [1.29, 1.82) is 5.26 Å². The Bertz CT molecular complexity index is 435. The highest BCUT2D eigenvalue weighted by Crippen LogP contribution is 2.21. The highest BCUT2D eigenvalue weighted by molar-refractivity contribution is 9.10. The lowest BCUT2D eigenvalue weighted by Gasteiger charge is -2.07. The maximum Gasteiger partial charge on any atom is 0.339 e. The number of carbonyl (C=O) groups excluding carboxylic acids is 1. The van der Waals surface area contributed by atoms with E-state index in [1.54, 1.807) is 26.0 Å². The molecule has 0 spiro atoms. The first-order valence-electron chi connectivity index (χ1n) is 4.47. The summed E-state index contributed by atoms with van der Waals surface area (Å²) in [5.74, 6) is -0.445. The summed E-state index contributed by atoms with van der Waals surface area (Å²) in [6.45, 7) is 3.81. The minimum atomic E-state index is -0.445. The van der Waals surface area contributed by atoms with E-state index in [-0.39, 0.29) is 0 Å². The second-order valence-electron chi connectivity index (χ2n) is 2.98. The lowest BCUT2D eigenvalue weighted by atomic mass is 10.0. The lowest BCUT2D eigenvalue weighted by molar-refractivity contribution is 0.0525. The Kier molecular flexibility index (Phi) is 3.87. The number of benzene rings is 1. The largest absolute Gasteiger partial charge is 0.462 e. The molecule has 0 aromatic heterocycles. The summed E-state index contributed by atoms with van der Waals surface area (Å²) in [7, 11) is 0. The number of aryl methyl sites for hydroxylation is 1. The monoisotopic (exact) mass is 267 g/mol. The zero-order chi connectivity index (χ0) is 11.4. The van der Waals surface area contributed by atoms with Gasteiger partial charge in [-0.25, -0.2) is 4.79 Å². The van der Waals surface area contributed by atoms with Gasteiger partial charge in [0.15, 0.2) is 0 Å². The topological polar surface area (TPSA) is 50.1 Å². The average molecular weight is 268 g/mol. The Morgan fingerprint density at radius 1 is 1.60 bits per heavy atom. The van der Waals surface area contributed by atoms with Gasteiger partial charge in [-0.1, -0.05) is 15.9 Å². The van der Waals surface area contributed by atoms with Gasteiger partial charge >= 0.3 is 5.97 Å². The van der Waals surface area contributed by atoms with Crippen LogP contribution in [0.1, 0.15) is 28.4 Å². The van der Waals surface area contributed by atoms with Crippen molar-refractivity contribution in [3.8, 4) is 6.07 Å². The molecule has 0 saturated heterocycles. The number of rotatable bonds is 2. The van der Waals surface area contributed by atoms with E-state index in [9.17, 15) is 4.79 Å². The zero-order valence-electron chi connectivity index (χ0n) is 8.50. The molecule has 0 atom stereocenters. The molecule has 4 heteroatoms. The van der Waals surface area contributed by atoms with E-state index < -0.39 is 5.97 Å². The van der Waals surface area contributed by atoms with Crippen LogP contribution in [-0.2, 0) is 4.74 Å². The minimum Gasteiger partial charge on any atom is -0.462 e. The third kappa shape index (κ3) is 2.57. The van der Waals surface area contributed by atoms with Crippen molar-refractivity contribution in [2.75, 3.05) is 6.61 Å². The van der Waals surface area contributed by atoms with Gasteiger partial charge in [0.1, 0.15) is 6.07 Å². The van der Waals surface area contributed by atoms with Gasteiger partial charge in [-0.15, -0.1) is 0 Å². The first-order chi connectivity index (χ1) is 7.10. The predicted octanol–water partition coefficient (Wildman–Crippen LogP) is 2.81. The van der Waals surface area contributed by atoms with Gasteiger partial charge < -0.3 is 4.74 Å². The molecule has 1 aromatic carbocycles. The fourth-order valence-corrected chi connectivity index (χ4v) is 1.88. The van der Waals surface area contributed by atoms with Crippen LogP contribution < -0.4 is 0 Å². The molecule has 0 amide bonds. The van der Waals surface area contributed by atoms with Gasteiger partial charge in [-0.05, 0) is 31.5 Å². The molecule has 0 aliphatic carbocycles. The van der Waals surface area contributed by atoms with Crippen molar-refractivity contribution in [3.05, 3.63) is 33.3 Å². The number of nitriles is 1. The Morgan fingerprint density at radius 3 is 2.80 bits per heavy atom. The molecule has 1 aromatic rings. The number of nitrogens with zero attached hydrogens (tertiary/aromatic N) is 1. The second-order valence-corrected chi connectivity index (χ2v) is 3.89. The third-order valence-electron chi connectivity index (χ3n) is 1.90. The molecule has 0 bridgehead atoms. The first-order valence-corrected chi connectivity index (χ1v) is 5.26. The number of carbonyl (C=O) groups is 1. The van der Waals surface area contributed by atoms with Crippen molar-refractivity contribution in [1.82, 2.24) is 0 Å². The van der Waals surface area contributed by atoms with E-state index in [1.807, 2.05) is 6.07 Å². The van der Waals surface area contributed by atoms with E-state index in [1.165, 1.54) is 0 Å². The van der Waals surface area contributed by atoms with Crippen LogP contribution in [0, 0.1) is 18.3 Å². The standard InChI is InChI=1S/C11H10BrNO2/c1-3-15-11(14)10-7(2)4-9(12)5-8(10)6-13/h4-5H,3H2,1-2H3. The highest BCUT2D eigenvalue weighted by atomic mass is 79.9. The molecule has 0 aliphatic rings. The predicted molar refractivity (Wildman–Crippen MR) is 59.6 cm³/mol. The smallest absolute Gasteiger partial charge is 0.339 e. The Balaban J connectivity index is 3.28. The molecule has 0 fully saturated rings. The number of hydrogen-bond donors (Lipinski definition) is 0. The molecule has 0 heterocycles. The van der Waals surface area contributed by atoms with Gasteiger partial charge in [-0.3, -0.25) is 0 Å². The van der Waals surface area contributed by atoms with Crippen molar-refractivity contribution in [3.63, 3.8) is 0 Å². The van der Waals surface area contributed by atoms with E-state index in [2.05, 4.69) is 15.9 Å². The molecule has 3 nitrogen and oxygen atoms in total. The molecule has 1 rings (SSSR count). The summed E-state index contributed by atoms with van der Waals surface area (Å²) in [4.78, 5) is 11.6. The summed E-state index contributed by atoms with van der Waals surface area (Å²) in [6.07, 6.45) is 0. The molecule has 15 heavy (non-hydrogen) atoms. The minimum absolute atomic E-state index is 0.305. The van der Waals surface area contributed by atoms with Crippen molar-refractivity contribution in [2.24, 2.45) is 0 Å². The molecule has 0 saturated carbocycles. The Morgan fingerprint density at radius 2 is 2.27 bits per heavy atom. The average Bonchev–Trinajstić information content (AvgIpc) is 2.16. The van der Waals surface area contributed by atoms with Gasteiger partial charge in [0, 0.05) is 4.47 Å². The lowest BCUT2D eigenvalue weighted by Crippen LogP contribution is -2.09. The van der Waals surface area contributed by atoms with Crippen molar-refractivity contribution < 1.29 is 9.53 Å². The van der Waals surface area contributed by atoms with Gasteiger partial charge in [0.25, 0.3) is 0 Å². The van der Waals surface area contributed by atoms with Crippen LogP contribution in [0.2, 0.25) is 0 Å². The van der Waals surface area contributed by atoms with Gasteiger partial charge in [-0.2, -0.15) is 5.26 Å². The number of esters is 1. The third-order valence-corrected chi connectivity index (χ3v) is 2.36. The number of hydrogen-bond acceptors (Lipinski definition) is 3. The van der Waals surface area contributed by atoms with Crippen LogP contribution in [0.15, 0.2) is 16.6 Å². The van der Waals surface area contributed by atoms with Crippen molar-refractivity contribution in [2.45, 2.75) is 13.8 Å². The van der Waals surface area contributed by atoms with Crippen molar-refractivity contribution >= 4 is 21.9 Å². The quantitative estimate of drug-likeness (QED) is 0.775. The van der Waals surface area contributed by atoms with Crippen LogP contribution in [0.3, 0.4) is 0 Å². The summed E-state index contributed by atoms with van der Waals surface area (Å²) >= 11 is 3.27. The molecule has 78 valence electrons. The summed E-state index contributed by atoms with van der Waals surface area (Å²) < 4.78 is 5.67. The van der Waals surface area contributed by atoms with Gasteiger partial charge in [0.2, 0.25) is 0 Å².